The lowest BCUT2D eigenvalue weighted by Gasteiger charge is -1.84. The van der Waals surface area contributed by atoms with Gasteiger partial charge in [-0.05, 0) is 12.2 Å². The highest BCUT2D eigenvalue weighted by atomic mass is 16.5. The first kappa shape index (κ1) is 10.5. The van der Waals surface area contributed by atoms with Gasteiger partial charge in [0.2, 0.25) is 0 Å². The van der Waals surface area contributed by atoms with Gasteiger partial charge in [0.25, 0.3) is 0 Å². The largest absolute Gasteiger partial charge is 0.466 e. The average Bonchev–Trinajstić information content (AvgIpc) is 2.10. The number of allylic oxidation sites excluding steroid dienone is 2. The second kappa shape index (κ2) is 7.58. The van der Waals surface area contributed by atoms with Crippen LogP contribution in [-0.2, 0) is 9.53 Å². The summed E-state index contributed by atoms with van der Waals surface area (Å²) in [5.74, 6) is 4.70. The third-order valence-electron chi connectivity index (χ3n) is 0.894. The molecule has 0 radical (unpaired) electrons. The summed E-state index contributed by atoms with van der Waals surface area (Å²) in [6, 6.07) is 0. The lowest BCUT2D eigenvalue weighted by atomic mass is 10.4. The van der Waals surface area contributed by atoms with Gasteiger partial charge in [0.05, 0.1) is 13.7 Å². The highest BCUT2D eigenvalue weighted by Crippen LogP contribution is 1.76. The minimum absolute atomic E-state index is 0.0323. The third-order valence-corrected chi connectivity index (χ3v) is 0.894. The third kappa shape index (κ3) is 6.59. The van der Waals surface area contributed by atoms with Gasteiger partial charge < -0.3 is 9.84 Å². The Bertz CT molecular complexity index is 240. The Labute approximate surface area is 71.3 Å². The van der Waals surface area contributed by atoms with E-state index in [0.717, 1.165) is 0 Å². The molecule has 0 bridgehead atoms. The fourth-order valence-electron chi connectivity index (χ4n) is 0.386. The van der Waals surface area contributed by atoms with Crippen LogP contribution in [0.4, 0.5) is 0 Å². The molecule has 12 heavy (non-hydrogen) atoms. The van der Waals surface area contributed by atoms with E-state index >= 15 is 0 Å². The molecule has 0 aliphatic carbocycles. The van der Waals surface area contributed by atoms with Crippen LogP contribution in [0.3, 0.4) is 0 Å². The van der Waals surface area contributed by atoms with Crippen LogP contribution < -0.4 is 0 Å². The van der Waals surface area contributed by atoms with E-state index < -0.39 is 5.97 Å². The molecule has 3 heteroatoms. The van der Waals surface area contributed by atoms with Gasteiger partial charge in [0.15, 0.2) is 0 Å². The Balaban J connectivity index is 3.77. The van der Waals surface area contributed by atoms with E-state index in [-0.39, 0.29) is 6.61 Å². The molecule has 0 heterocycles. The van der Waals surface area contributed by atoms with Crippen LogP contribution in [0.5, 0.6) is 0 Å². The molecule has 0 aromatic carbocycles. The molecule has 1 N–H and O–H groups in total. The number of esters is 1. The maximum Gasteiger partial charge on any atom is 0.331 e. The quantitative estimate of drug-likeness (QED) is 0.364. The van der Waals surface area contributed by atoms with Crippen LogP contribution >= 0.6 is 0 Å². The minimum Gasteiger partial charge on any atom is -0.466 e. The molecule has 0 unspecified atom stereocenters. The first-order valence-electron chi connectivity index (χ1n) is 3.32. The van der Waals surface area contributed by atoms with Gasteiger partial charge >= 0.3 is 5.97 Å². The van der Waals surface area contributed by atoms with E-state index in [1.165, 1.54) is 31.4 Å². The zero-order valence-electron chi connectivity index (χ0n) is 6.78. The standard InChI is InChI=1S/C9H10O3/c1-12-9(11)7-5-3-2-4-6-8-10/h4-7,10H,8H2,1H3/b6-4+,7-5+. The Morgan fingerprint density at radius 1 is 1.50 bits per heavy atom. The van der Waals surface area contributed by atoms with Crippen molar-refractivity contribution >= 4 is 5.97 Å². The van der Waals surface area contributed by atoms with Crippen molar-refractivity contribution in [2.45, 2.75) is 0 Å². The summed E-state index contributed by atoms with van der Waals surface area (Å²) in [6.07, 6.45) is 5.61. The topological polar surface area (TPSA) is 46.5 Å². The summed E-state index contributed by atoms with van der Waals surface area (Å²) in [5, 5.41) is 8.30. The minimum atomic E-state index is -0.435. The molecule has 0 spiro atoms. The zero-order chi connectivity index (χ0) is 9.23. The first-order chi connectivity index (χ1) is 5.81. The molecule has 0 saturated heterocycles. The number of hydrogen-bond donors (Lipinski definition) is 1. The highest BCUT2D eigenvalue weighted by Gasteiger charge is 1.85. The van der Waals surface area contributed by atoms with E-state index in [9.17, 15) is 4.79 Å². The van der Waals surface area contributed by atoms with Crippen LogP contribution in [0.15, 0.2) is 24.3 Å². The smallest absolute Gasteiger partial charge is 0.331 e. The van der Waals surface area contributed by atoms with Crippen LogP contribution in [-0.4, -0.2) is 24.8 Å². The summed E-state index contributed by atoms with van der Waals surface area (Å²) >= 11 is 0. The molecule has 3 nitrogen and oxygen atoms in total. The zero-order valence-corrected chi connectivity index (χ0v) is 6.78. The number of aliphatic hydroxyl groups is 1. The molecule has 0 aliphatic heterocycles. The lowest BCUT2D eigenvalue weighted by molar-refractivity contribution is -0.134. The van der Waals surface area contributed by atoms with Gasteiger partial charge in [-0.3, -0.25) is 0 Å². The lowest BCUT2D eigenvalue weighted by Crippen LogP contribution is -1.92. The van der Waals surface area contributed by atoms with E-state index in [1.807, 2.05) is 0 Å². The SMILES string of the molecule is COC(=O)/C=C/C#C/C=C/CO. The monoisotopic (exact) mass is 166 g/mol. The van der Waals surface area contributed by atoms with Crippen molar-refractivity contribution in [3.8, 4) is 11.8 Å². The van der Waals surface area contributed by atoms with Gasteiger partial charge in [-0.25, -0.2) is 4.79 Å². The van der Waals surface area contributed by atoms with E-state index in [4.69, 9.17) is 5.11 Å². The van der Waals surface area contributed by atoms with Crippen molar-refractivity contribution < 1.29 is 14.6 Å². The summed E-state index contributed by atoms with van der Waals surface area (Å²) in [6.45, 7) is -0.0323. The van der Waals surface area contributed by atoms with Crippen LogP contribution in [0.25, 0.3) is 0 Å². The summed E-state index contributed by atoms with van der Waals surface area (Å²) in [5.41, 5.74) is 0. The second-order valence-corrected chi connectivity index (χ2v) is 1.73. The Kier molecular flexibility index (Phi) is 6.61. The summed E-state index contributed by atoms with van der Waals surface area (Å²) < 4.78 is 4.33. The van der Waals surface area contributed by atoms with Gasteiger partial charge in [-0.2, -0.15) is 0 Å². The molecule has 0 saturated carbocycles. The Morgan fingerprint density at radius 2 is 2.17 bits per heavy atom. The van der Waals surface area contributed by atoms with Crippen LogP contribution in [0, 0.1) is 11.8 Å². The Morgan fingerprint density at radius 3 is 2.75 bits per heavy atom. The maximum atomic E-state index is 10.5. The normalized spacial score (nSPS) is 9.83. The number of methoxy groups -OCH3 is 1. The second-order valence-electron chi connectivity index (χ2n) is 1.73. The van der Waals surface area contributed by atoms with Gasteiger partial charge in [0.1, 0.15) is 0 Å². The summed E-state index contributed by atoms with van der Waals surface area (Å²) in [7, 11) is 1.30. The average molecular weight is 166 g/mol. The van der Waals surface area contributed by atoms with Crippen molar-refractivity contribution in [1.29, 1.82) is 0 Å². The first-order valence-corrected chi connectivity index (χ1v) is 3.32. The van der Waals surface area contributed by atoms with Crippen molar-refractivity contribution in [2.24, 2.45) is 0 Å². The molecular formula is C9H10O3. The molecule has 0 aliphatic rings. The van der Waals surface area contributed by atoms with Crippen molar-refractivity contribution in [2.75, 3.05) is 13.7 Å². The number of aliphatic hydroxyl groups excluding tert-OH is 1. The number of carbonyl (C=O) groups excluding carboxylic acids is 1. The fraction of sp³-hybridized carbons (Fsp3) is 0.222. The Hall–Kier alpha value is -1.53. The number of ether oxygens (including phenoxy) is 1. The number of rotatable bonds is 2. The molecule has 0 aromatic rings. The highest BCUT2D eigenvalue weighted by molar-refractivity contribution is 5.82. The molecule has 0 amide bonds. The van der Waals surface area contributed by atoms with Gasteiger partial charge in [-0.15, -0.1) is 0 Å². The number of carbonyl (C=O) groups is 1. The van der Waals surface area contributed by atoms with Crippen LogP contribution in [0.1, 0.15) is 0 Å². The van der Waals surface area contributed by atoms with Crippen molar-refractivity contribution in [3.05, 3.63) is 24.3 Å². The maximum absolute atomic E-state index is 10.5. The van der Waals surface area contributed by atoms with Crippen LogP contribution in [0.2, 0.25) is 0 Å². The predicted octanol–water partition coefficient (Wildman–Crippen LogP) is 0.267. The molecule has 0 aromatic heterocycles. The van der Waals surface area contributed by atoms with Crippen molar-refractivity contribution in [1.82, 2.24) is 0 Å². The predicted molar refractivity (Wildman–Crippen MR) is 45.2 cm³/mol. The van der Waals surface area contributed by atoms with Crippen molar-refractivity contribution in [3.63, 3.8) is 0 Å². The van der Waals surface area contributed by atoms with E-state index in [2.05, 4.69) is 16.6 Å². The van der Waals surface area contributed by atoms with Gasteiger partial charge in [-0.1, -0.05) is 17.9 Å². The number of hydrogen-bond acceptors (Lipinski definition) is 3. The van der Waals surface area contributed by atoms with E-state index in [1.54, 1.807) is 0 Å². The van der Waals surface area contributed by atoms with E-state index in [0.29, 0.717) is 0 Å². The molecule has 0 atom stereocenters. The molecule has 0 fully saturated rings. The molecule has 64 valence electrons. The molecular weight excluding hydrogens is 156 g/mol. The van der Waals surface area contributed by atoms with Gasteiger partial charge in [0, 0.05) is 6.08 Å². The fourth-order valence-corrected chi connectivity index (χ4v) is 0.386. The summed E-state index contributed by atoms with van der Waals surface area (Å²) in [4.78, 5) is 10.5. The molecule has 0 rings (SSSR count).